The Morgan fingerprint density at radius 3 is 2.39 bits per heavy atom. The quantitative estimate of drug-likeness (QED) is 0.110. The number of piperidine rings is 1. The summed E-state index contributed by atoms with van der Waals surface area (Å²) in [6.45, 7) is 10.6. The Kier molecular flexibility index (Phi) is 18.1. The van der Waals surface area contributed by atoms with Gasteiger partial charge in [-0.05, 0) is 81.5 Å². The Labute approximate surface area is 378 Å². The molecule has 2 unspecified atom stereocenters. The van der Waals surface area contributed by atoms with E-state index >= 15 is 4.39 Å². The second-order valence-electron chi connectivity index (χ2n) is 16.1. The van der Waals surface area contributed by atoms with E-state index in [-0.39, 0.29) is 109 Å². The number of aromatic amines is 1. The van der Waals surface area contributed by atoms with Crippen LogP contribution in [0.5, 0.6) is 5.75 Å². The number of nitrogens with one attached hydrogen (secondary N) is 1. The smallest absolute Gasteiger partial charge is 0.347 e. The van der Waals surface area contributed by atoms with Crippen LogP contribution in [0.2, 0.25) is 0 Å². The number of H-pyrrole nitrogens is 1. The Balaban J connectivity index is 0.000000250. The summed E-state index contributed by atoms with van der Waals surface area (Å²) in [5.41, 5.74) is 5.42. The number of carbonyl (C=O) groups excluding carboxylic acids is 2. The molecule has 3 saturated heterocycles. The first kappa shape index (κ1) is 49.5. The molecule has 0 bridgehead atoms. The maximum Gasteiger partial charge on any atom is 0.347 e. The monoisotopic (exact) mass is 925 g/mol. The van der Waals surface area contributed by atoms with Gasteiger partial charge < -0.3 is 35.3 Å². The van der Waals surface area contributed by atoms with E-state index < -0.39 is 29.6 Å². The maximum atomic E-state index is 15.9. The molecule has 2 aromatic heterocycles. The molecule has 1 radical (unpaired) electrons. The van der Waals surface area contributed by atoms with Crippen molar-refractivity contribution in [3.8, 4) is 29.4 Å². The summed E-state index contributed by atoms with van der Waals surface area (Å²) in [6.07, 6.45) is 11.6. The molecule has 3 fully saturated rings. The van der Waals surface area contributed by atoms with Gasteiger partial charge in [-0.2, -0.15) is 4.98 Å². The van der Waals surface area contributed by atoms with Gasteiger partial charge in [0.2, 0.25) is 0 Å². The van der Waals surface area contributed by atoms with Crippen molar-refractivity contribution in [1.82, 2.24) is 19.9 Å². The van der Waals surface area contributed by atoms with Crippen molar-refractivity contribution >= 4 is 39.4 Å². The number of rotatable bonds is 10. The van der Waals surface area contributed by atoms with Crippen molar-refractivity contribution in [2.75, 3.05) is 44.3 Å². The zero-order valence-electron chi connectivity index (χ0n) is 35.2. The molecule has 4 atom stereocenters. The average Bonchev–Trinajstić information content (AvgIpc) is 3.69. The number of terminal acetylenes is 1. The van der Waals surface area contributed by atoms with Crippen LogP contribution in [0, 0.1) is 29.9 Å². The topological polar surface area (TPSA) is 184 Å². The number of benzene rings is 2. The van der Waals surface area contributed by atoms with E-state index in [1.54, 1.807) is 0 Å². The summed E-state index contributed by atoms with van der Waals surface area (Å²) in [4.78, 5) is 49.3. The maximum absolute atomic E-state index is 15.9. The molecule has 5 N–H and O–H groups in total. The number of esters is 2. The summed E-state index contributed by atoms with van der Waals surface area (Å²) >= 11 is 0. The molecule has 5 heterocycles. The van der Waals surface area contributed by atoms with Crippen LogP contribution in [0.15, 0.2) is 35.3 Å². The number of phenols is 1. The van der Waals surface area contributed by atoms with Crippen LogP contribution in [-0.4, -0.2) is 105 Å². The number of phenolic OH excluding ortho intramolecular Hbond substituents is 1. The molecule has 4 aromatic rings. The molecule has 3 aliphatic heterocycles. The van der Waals surface area contributed by atoms with E-state index in [4.69, 9.17) is 21.6 Å². The van der Waals surface area contributed by atoms with Gasteiger partial charge in [0.15, 0.2) is 5.82 Å². The van der Waals surface area contributed by atoms with E-state index in [1.807, 2.05) is 25.7 Å². The van der Waals surface area contributed by atoms with Gasteiger partial charge in [-0.3, -0.25) is 19.5 Å². The van der Waals surface area contributed by atoms with Crippen molar-refractivity contribution in [3.05, 3.63) is 58.1 Å². The van der Waals surface area contributed by atoms with Crippen molar-refractivity contribution in [2.45, 2.75) is 103 Å². The zero-order valence-corrected chi connectivity index (χ0v) is 38.0. The van der Waals surface area contributed by atoms with Crippen molar-refractivity contribution in [1.29, 1.82) is 0 Å². The van der Waals surface area contributed by atoms with E-state index in [0.29, 0.717) is 61.9 Å². The third-order valence-electron chi connectivity index (χ3n) is 10.9. The summed E-state index contributed by atoms with van der Waals surface area (Å²) in [5.74, 6) is 0.518. The third-order valence-corrected chi connectivity index (χ3v) is 10.9. The summed E-state index contributed by atoms with van der Waals surface area (Å²) < 4.78 is 52.7. The van der Waals surface area contributed by atoms with Gasteiger partial charge >= 0.3 is 17.6 Å². The largest absolute Gasteiger partial charge is 0.508 e. The number of ether oxygens (including phenoxy) is 2. The fourth-order valence-electron chi connectivity index (χ4n) is 8.21. The first-order chi connectivity index (χ1) is 28.6. The van der Waals surface area contributed by atoms with Gasteiger partial charge in [0.1, 0.15) is 48.6 Å². The van der Waals surface area contributed by atoms with Crippen molar-refractivity contribution in [3.63, 3.8) is 0 Å². The van der Waals surface area contributed by atoms with E-state index in [2.05, 4.69) is 32.7 Å². The van der Waals surface area contributed by atoms with Crippen LogP contribution in [0.1, 0.15) is 84.6 Å². The number of fused-ring (bicyclic) bond motifs is 3. The average molecular weight is 926 g/mol. The summed E-state index contributed by atoms with van der Waals surface area (Å²) in [6, 6.07) is 5.20. The number of carbonyl (C=O) groups is 2. The number of pyridine rings is 1. The molecule has 7 rings (SSSR count). The minimum Gasteiger partial charge on any atom is -0.508 e. The predicted octanol–water partition coefficient (Wildman–Crippen LogP) is 5.89. The van der Waals surface area contributed by atoms with Crippen LogP contribution >= 0.6 is 0 Å². The van der Waals surface area contributed by atoms with Crippen LogP contribution < -0.4 is 16.3 Å². The number of alkyl halides is 1. The summed E-state index contributed by atoms with van der Waals surface area (Å²) in [5, 5.41) is 20.5. The first-order valence-corrected chi connectivity index (χ1v) is 20.5. The third kappa shape index (κ3) is 12.5. The van der Waals surface area contributed by atoms with E-state index in [9.17, 15) is 33.4 Å². The Morgan fingerprint density at radius 2 is 1.79 bits per heavy atom. The Morgan fingerprint density at radius 1 is 1.11 bits per heavy atom. The molecule has 0 spiro atoms. The molecular formula is C44H55F3N6O7Y. The number of anilines is 1. The molecule has 3 aliphatic rings. The number of aromatic hydroxyl groups is 1. The van der Waals surface area contributed by atoms with Crippen LogP contribution in [-0.2, 0) is 51.8 Å². The normalized spacial score (nSPS) is 20.8. The molecule has 2 aromatic carbocycles. The Bertz CT molecular complexity index is 2240. The van der Waals surface area contributed by atoms with Crippen molar-refractivity contribution in [2.24, 2.45) is 11.7 Å². The van der Waals surface area contributed by atoms with Crippen molar-refractivity contribution < 1.29 is 75.2 Å². The van der Waals surface area contributed by atoms with Gasteiger partial charge in [0.05, 0.1) is 16.5 Å². The molecule has 61 heavy (non-hydrogen) atoms. The second kappa shape index (κ2) is 22.3. The molecule has 0 aliphatic carbocycles. The molecule has 0 amide bonds. The first-order valence-electron chi connectivity index (χ1n) is 20.5. The molecule has 13 nitrogen and oxygen atoms in total. The standard InChI is InChI=1S/C25H21F2N5O2.C11H20O5.C8H14FN.Y/c1-3-16-19(26)5-4-13-7-15(33)8-17(20(13)16)22-21(27)23-18(9-29-22)24(31-25(34)30-23)32-10-12(2)6-14(28)11-32;1-3-5-10(13)15-7-9(12)8-16-11(14)6-4-2;1-8-3-2-4-10(8)6-7(9)5-8;/h1,4-5,7-9,12,14,33H,6,10-11,28H2,2H3,(H,30,31,34);9,12H,3-8H2,1-2H3;7H,2-6H2,1H3;/t;;7-,8+;/m..1./s1. The fourth-order valence-corrected chi connectivity index (χ4v) is 8.21. The molecule has 17 heteroatoms. The Hall–Kier alpha value is -4.14. The van der Waals surface area contributed by atoms with Gasteiger partial charge in [-0.1, -0.05) is 32.8 Å². The summed E-state index contributed by atoms with van der Waals surface area (Å²) in [7, 11) is 0. The molecule has 0 saturated carbocycles. The minimum absolute atomic E-state index is 0. The zero-order chi connectivity index (χ0) is 43.7. The SMILES string of the molecule is C#Cc1c(F)ccc2cc(O)cc(-c3ncc4c(N5CC(C)CC(N)C5)nc(=O)[nH]c4c3F)c12.CCCC(=O)OCC(O)COC(=O)CCC.C[C@@]12CCCN1C[C@H](F)C2.[Y]. The number of hydrogen-bond acceptors (Lipinski definition) is 12. The number of nitrogens with two attached hydrogens (primary N) is 1. The number of halogens is 3. The molecular weight excluding hydrogens is 870 g/mol. The minimum atomic E-state index is -0.943. The fraction of sp³-hybridized carbons (Fsp3) is 0.523. The number of hydrogen-bond donors (Lipinski definition) is 4. The van der Waals surface area contributed by atoms with E-state index in [0.717, 1.165) is 19.4 Å². The molecule has 327 valence electrons. The van der Waals surface area contributed by atoms with Gasteiger partial charge in [0.25, 0.3) is 0 Å². The van der Waals surface area contributed by atoms with Gasteiger partial charge in [-0.25, -0.2) is 18.0 Å². The second-order valence-corrected chi connectivity index (χ2v) is 16.1. The van der Waals surface area contributed by atoms with E-state index in [1.165, 1.54) is 43.3 Å². The van der Waals surface area contributed by atoms with Gasteiger partial charge in [0, 0.05) is 93.9 Å². The number of nitrogens with zero attached hydrogens (tertiary/aromatic N) is 4. The predicted molar refractivity (Wildman–Crippen MR) is 223 cm³/mol. The number of aromatic nitrogens is 3. The van der Waals surface area contributed by atoms with Crippen LogP contribution in [0.3, 0.4) is 0 Å². The number of aliphatic hydroxyl groups excluding tert-OH is 1. The van der Waals surface area contributed by atoms with Crippen LogP contribution in [0.4, 0.5) is 19.0 Å². The number of aliphatic hydroxyl groups is 1. The van der Waals surface area contributed by atoms with Crippen LogP contribution in [0.25, 0.3) is 32.9 Å². The van der Waals surface area contributed by atoms with Gasteiger partial charge in [-0.15, -0.1) is 6.42 Å².